The largest absolute Gasteiger partial charge is 0.481 e. The van der Waals surface area contributed by atoms with E-state index in [1.807, 2.05) is 0 Å². The van der Waals surface area contributed by atoms with Crippen LogP contribution in [0.1, 0.15) is 12.0 Å². The number of aryl methyl sites for hydroxylation is 1. The number of carboxylic acid groups (broad SMARTS) is 1. The molecular weight excluding hydrogens is 246 g/mol. The molecule has 6 nitrogen and oxygen atoms in total. The van der Waals surface area contributed by atoms with Gasteiger partial charge in [0.1, 0.15) is 0 Å². The van der Waals surface area contributed by atoms with Crippen molar-refractivity contribution in [2.24, 2.45) is 5.73 Å². The lowest BCUT2D eigenvalue weighted by molar-refractivity contribution is -0.138. The predicted molar refractivity (Wildman–Crippen MR) is 62.8 cm³/mol. The van der Waals surface area contributed by atoms with Crippen molar-refractivity contribution in [3.63, 3.8) is 0 Å². The molecule has 1 aromatic heterocycles. The second kappa shape index (κ2) is 5.60. The van der Waals surface area contributed by atoms with Crippen LogP contribution in [-0.2, 0) is 9.59 Å². The number of anilines is 1. The van der Waals surface area contributed by atoms with Gasteiger partial charge in [0.2, 0.25) is 5.91 Å². The number of aromatic nitrogens is 1. The summed E-state index contributed by atoms with van der Waals surface area (Å²) in [7, 11) is 0. The standard InChI is InChI=1S/C10H12ClN3O3/c1-5-2-7(9(11)13-4-5)14-10(17)6(12)3-8(15)16/h2,4,6H,3,12H2,1H3,(H,14,17)(H,15,16). The molecule has 92 valence electrons. The Balaban J connectivity index is 2.73. The second-order valence-corrected chi connectivity index (χ2v) is 3.90. The van der Waals surface area contributed by atoms with Crippen molar-refractivity contribution in [1.82, 2.24) is 4.98 Å². The number of aliphatic carboxylic acids is 1. The number of pyridine rings is 1. The minimum atomic E-state index is -1.14. The zero-order valence-corrected chi connectivity index (χ0v) is 9.86. The first kappa shape index (κ1) is 13.4. The van der Waals surface area contributed by atoms with Crippen molar-refractivity contribution in [3.8, 4) is 0 Å². The number of carbonyl (C=O) groups excluding carboxylic acids is 1. The smallest absolute Gasteiger partial charge is 0.305 e. The quantitative estimate of drug-likeness (QED) is 0.692. The Hall–Kier alpha value is -1.66. The Labute approximate surface area is 103 Å². The van der Waals surface area contributed by atoms with Crippen LogP contribution in [0.2, 0.25) is 5.15 Å². The molecule has 0 fully saturated rings. The third-order valence-electron chi connectivity index (χ3n) is 1.96. The molecule has 1 amide bonds. The van der Waals surface area contributed by atoms with Crippen LogP contribution < -0.4 is 11.1 Å². The first-order valence-corrected chi connectivity index (χ1v) is 5.18. The molecule has 1 heterocycles. The van der Waals surface area contributed by atoms with E-state index in [-0.39, 0.29) is 5.15 Å². The SMILES string of the molecule is Cc1cnc(Cl)c(NC(=O)C(N)CC(=O)O)c1. The van der Waals surface area contributed by atoms with Crippen LogP contribution in [0.4, 0.5) is 5.69 Å². The van der Waals surface area contributed by atoms with Crippen LogP contribution in [0.3, 0.4) is 0 Å². The van der Waals surface area contributed by atoms with Crippen molar-refractivity contribution in [2.45, 2.75) is 19.4 Å². The summed E-state index contributed by atoms with van der Waals surface area (Å²) in [6.07, 6.45) is 1.11. The summed E-state index contributed by atoms with van der Waals surface area (Å²) < 4.78 is 0. The summed E-state index contributed by atoms with van der Waals surface area (Å²) in [5.41, 5.74) is 6.53. The maximum absolute atomic E-state index is 11.5. The van der Waals surface area contributed by atoms with Crippen molar-refractivity contribution in [2.75, 3.05) is 5.32 Å². The third kappa shape index (κ3) is 4.01. The number of carboxylic acids is 1. The van der Waals surface area contributed by atoms with Gasteiger partial charge in [-0.1, -0.05) is 11.6 Å². The Kier molecular flexibility index (Phi) is 4.42. The highest BCUT2D eigenvalue weighted by Gasteiger charge is 2.18. The maximum atomic E-state index is 11.5. The lowest BCUT2D eigenvalue weighted by Gasteiger charge is -2.11. The summed E-state index contributed by atoms with van der Waals surface area (Å²) >= 11 is 5.77. The molecule has 1 atom stereocenters. The van der Waals surface area contributed by atoms with Gasteiger partial charge in [-0.25, -0.2) is 4.98 Å². The number of carbonyl (C=O) groups is 2. The average molecular weight is 258 g/mol. The molecular formula is C10H12ClN3O3. The monoisotopic (exact) mass is 257 g/mol. The topological polar surface area (TPSA) is 105 Å². The number of rotatable bonds is 4. The van der Waals surface area contributed by atoms with Gasteiger partial charge in [0.15, 0.2) is 5.15 Å². The van der Waals surface area contributed by atoms with E-state index < -0.39 is 24.3 Å². The van der Waals surface area contributed by atoms with E-state index in [0.717, 1.165) is 5.56 Å². The highest BCUT2D eigenvalue weighted by atomic mass is 35.5. The van der Waals surface area contributed by atoms with Crippen LogP contribution in [0.5, 0.6) is 0 Å². The summed E-state index contributed by atoms with van der Waals surface area (Å²) in [6.45, 7) is 1.79. The summed E-state index contributed by atoms with van der Waals surface area (Å²) in [5.74, 6) is -1.75. The Morgan fingerprint density at radius 2 is 2.29 bits per heavy atom. The molecule has 4 N–H and O–H groups in total. The Morgan fingerprint density at radius 3 is 2.88 bits per heavy atom. The first-order chi connectivity index (χ1) is 7.90. The van der Waals surface area contributed by atoms with Crippen LogP contribution in [0, 0.1) is 6.92 Å². The van der Waals surface area contributed by atoms with E-state index in [1.165, 1.54) is 0 Å². The highest BCUT2D eigenvalue weighted by molar-refractivity contribution is 6.32. The number of nitrogens with zero attached hydrogens (tertiary/aromatic N) is 1. The molecule has 0 aliphatic heterocycles. The molecule has 1 unspecified atom stereocenters. The van der Waals surface area contributed by atoms with E-state index in [0.29, 0.717) is 5.69 Å². The normalized spacial score (nSPS) is 11.9. The predicted octanol–water partition coefficient (Wildman–Crippen LogP) is 0.784. The molecule has 0 aliphatic rings. The number of amides is 1. The van der Waals surface area contributed by atoms with E-state index in [1.54, 1.807) is 19.2 Å². The number of nitrogens with two attached hydrogens (primary N) is 1. The van der Waals surface area contributed by atoms with Crippen LogP contribution in [0.25, 0.3) is 0 Å². The highest BCUT2D eigenvalue weighted by Crippen LogP contribution is 2.19. The van der Waals surface area contributed by atoms with Gasteiger partial charge >= 0.3 is 5.97 Å². The van der Waals surface area contributed by atoms with Gasteiger partial charge < -0.3 is 16.2 Å². The molecule has 0 radical (unpaired) electrons. The fourth-order valence-corrected chi connectivity index (χ4v) is 1.30. The van der Waals surface area contributed by atoms with E-state index in [2.05, 4.69) is 10.3 Å². The van der Waals surface area contributed by atoms with Crippen molar-refractivity contribution >= 4 is 29.2 Å². The number of hydrogen-bond acceptors (Lipinski definition) is 4. The maximum Gasteiger partial charge on any atom is 0.305 e. The van der Waals surface area contributed by atoms with Crippen molar-refractivity contribution in [3.05, 3.63) is 23.0 Å². The number of halogens is 1. The van der Waals surface area contributed by atoms with Gasteiger partial charge in [0, 0.05) is 6.20 Å². The van der Waals surface area contributed by atoms with Crippen molar-refractivity contribution in [1.29, 1.82) is 0 Å². The fraction of sp³-hybridized carbons (Fsp3) is 0.300. The lowest BCUT2D eigenvalue weighted by Crippen LogP contribution is -2.37. The van der Waals surface area contributed by atoms with Gasteiger partial charge in [-0.05, 0) is 18.6 Å². The summed E-state index contributed by atoms with van der Waals surface area (Å²) in [5, 5.41) is 11.1. The molecule has 0 saturated carbocycles. The molecule has 1 aromatic rings. The summed E-state index contributed by atoms with van der Waals surface area (Å²) in [6, 6.07) is 0.504. The molecule has 0 saturated heterocycles. The van der Waals surface area contributed by atoms with E-state index in [9.17, 15) is 9.59 Å². The molecule has 0 bridgehead atoms. The van der Waals surface area contributed by atoms with Gasteiger partial charge in [0.05, 0.1) is 18.2 Å². The number of hydrogen-bond donors (Lipinski definition) is 3. The van der Waals surface area contributed by atoms with Crippen LogP contribution in [-0.4, -0.2) is 28.0 Å². The first-order valence-electron chi connectivity index (χ1n) is 4.80. The minimum absolute atomic E-state index is 0.131. The van der Waals surface area contributed by atoms with Gasteiger partial charge in [-0.2, -0.15) is 0 Å². The molecule has 0 aromatic carbocycles. The molecule has 0 aliphatic carbocycles. The van der Waals surface area contributed by atoms with Crippen molar-refractivity contribution < 1.29 is 14.7 Å². The zero-order chi connectivity index (χ0) is 13.0. The lowest BCUT2D eigenvalue weighted by atomic mass is 10.2. The summed E-state index contributed by atoms with van der Waals surface area (Å²) in [4.78, 5) is 25.8. The van der Waals surface area contributed by atoms with Crippen LogP contribution in [0.15, 0.2) is 12.3 Å². The van der Waals surface area contributed by atoms with Gasteiger partial charge in [-0.3, -0.25) is 9.59 Å². The molecule has 17 heavy (non-hydrogen) atoms. The third-order valence-corrected chi connectivity index (χ3v) is 2.27. The zero-order valence-electron chi connectivity index (χ0n) is 9.11. The van der Waals surface area contributed by atoms with Gasteiger partial charge in [-0.15, -0.1) is 0 Å². The Bertz CT molecular complexity index is 450. The van der Waals surface area contributed by atoms with Gasteiger partial charge in [0.25, 0.3) is 0 Å². The van der Waals surface area contributed by atoms with E-state index >= 15 is 0 Å². The fourth-order valence-electron chi connectivity index (χ4n) is 1.15. The average Bonchev–Trinajstić information content (AvgIpc) is 2.22. The number of nitrogens with one attached hydrogen (secondary N) is 1. The molecule has 0 spiro atoms. The second-order valence-electron chi connectivity index (χ2n) is 3.54. The minimum Gasteiger partial charge on any atom is -0.481 e. The molecule has 1 rings (SSSR count). The van der Waals surface area contributed by atoms with Crippen LogP contribution >= 0.6 is 11.6 Å². The Morgan fingerprint density at radius 1 is 1.65 bits per heavy atom. The molecule has 7 heteroatoms. The van der Waals surface area contributed by atoms with E-state index in [4.69, 9.17) is 22.4 Å².